The van der Waals surface area contributed by atoms with Gasteiger partial charge in [0, 0.05) is 5.02 Å². The topological polar surface area (TPSA) is 40.1 Å². The van der Waals surface area contributed by atoms with Gasteiger partial charge in [-0.15, -0.1) is 0 Å². The van der Waals surface area contributed by atoms with E-state index >= 15 is 0 Å². The van der Waals surface area contributed by atoms with Crippen LogP contribution in [0.1, 0.15) is 15.9 Å². The highest BCUT2D eigenvalue weighted by Gasteiger charge is 2.31. The summed E-state index contributed by atoms with van der Waals surface area (Å²) in [6.45, 7) is 0. The van der Waals surface area contributed by atoms with E-state index < -0.39 is 23.3 Å². The first-order valence-electron chi connectivity index (χ1n) is 3.40. The zero-order valence-electron chi connectivity index (χ0n) is 6.56. The molecule has 1 rings (SSSR count). The largest absolute Gasteiger partial charge is 0.545 e. The van der Waals surface area contributed by atoms with Crippen molar-refractivity contribution < 1.29 is 23.1 Å². The van der Waals surface area contributed by atoms with Gasteiger partial charge in [-0.1, -0.05) is 11.6 Å². The lowest BCUT2D eigenvalue weighted by molar-refractivity contribution is -0.255. The van der Waals surface area contributed by atoms with Crippen molar-refractivity contribution in [3.05, 3.63) is 34.3 Å². The smallest absolute Gasteiger partial charge is 0.416 e. The Bertz CT molecular complexity index is 373. The average Bonchev–Trinajstić information content (AvgIpc) is 2.01. The number of alkyl halides is 3. The Labute approximate surface area is 81.9 Å². The van der Waals surface area contributed by atoms with E-state index in [9.17, 15) is 23.1 Å². The van der Waals surface area contributed by atoms with Crippen molar-refractivity contribution in [2.75, 3.05) is 0 Å². The molecule has 14 heavy (non-hydrogen) atoms. The van der Waals surface area contributed by atoms with Gasteiger partial charge in [-0.2, -0.15) is 13.2 Å². The van der Waals surface area contributed by atoms with Gasteiger partial charge in [-0.05, 0) is 23.8 Å². The second kappa shape index (κ2) is 3.49. The lowest BCUT2D eigenvalue weighted by Crippen LogP contribution is -2.22. The van der Waals surface area contributed by atoms with Crippen molar-refractivity contribution in [3.8, 4) is 0 Å². The van der Waals surface area contributed by atoms with Crippen LogP contribution >= 0.6 is 11.6 Å². The number of carboxylic acids is 1. The number of hydrogen-bond donors (Lipinski definition) is 0. The summed E-state index contributed by atoms with van der Waals surface area (Å²) in [7, 11) is 0. The number of carbonyl (C=O) groups excluding carboxylic acids is 1. The Morgan fingerprint density at radius 3 is 2.29 bits per heavy atom. The zero-order chi connectivity index (χ0) is 10.9. The molecule has 0 radical (unpaired) electrons. The Kier molecular flexibility index (Phi) is 2.71. The van der Waals surface area contributed by atoms with Crippen molar-refractivity contribution in [2.45, 2.75) is 6.18 Å². The number of rotatable bonds is 1. The lowest BCUT2D eigenvalue weighted by atomic mass is 10.1. The molecule has 0 aliphatic rings. The van der Waals surface area contributed by atoms with Crippen molar-refractivity contribution in [1.82, 2.24) is 0 Å². The Morgan fingerprint density at radius 2 is 1.86 bits per heavy atom. The van der Waals surface area contributed by atoms with Crippen molar-refractivity contribution in [1.29, 1.82) is 0 Å². The van der Waals surface area contributed by atoms with Crippen LogP contribution in [-0.4, -0.2) is 5.97 Å². The maximum absolute atomic E-state index is 12.1. The molecule has 0 saturated heterocycles. The third-order valence-corrected chi connectivity index (χ3v) is 1.68. The van der Waals surface area contributed by atoms with Gasteiger partial charge in [0.2, 0.25) is 0 Å². The number of hydrogen-bond acceptors (Lipinski definition) is 2. The number of carbonyl (C=O) groups is 1. The van der Waals surface area contributed by atoms with Crippen molar-refractivity contribution >= 4 is 17.6 Å². The van der Waals surface area contributed by atoms with Crippen LogP contribution in [0.2, 0.25) is 5.02 Å². The third-order valence-electron chi connectivity index (χ3n) is 1.46. The predicted octanol–water partition coefficient (Wildman–Crippen LogP) is 1.72. The van der Waals surface area contributed by atoms with Gasteiger partial charge in [0.15, 0.2) is 0 Å². The molecule has 0 amide bonds. The molecule has 0 saturated carbocycles. The van der Waals surface area contributed by atoms with Crippen LogP contribution < -0.4 is 5.11 Å². The molecule has 0 aliphatic heterocycles. The summed E-state index contributed by atoms with van der Waals surface area (Å²) in [5.74, 6) is -1.70. The summed E-state index contributed by atoms with van der Waals surface area (Å²) in [4.78, 5) is 10.3. The number of benzene rings is 1. The maximum Gasteiger partial charge on any atom is 0.416 e. The first kappa shape index (κ1) is 10.8. The van der Waals surface area contributed by atoms with E-state index in [0.29, 0.717) is 12.1 Å². The first-order valence-corrected chi connectivity index (χ1v) is 3.77. The molecule has 0 aromatic heterocycles. The average molecular weight is 224 g/mol. The number of halogens is 4. The molecule has 0 atom stereocenters. The summed E-state index contributed by atoms with van der Waals surface area (Å²) >= 11 is 5.31. The highest BCUT2D eigenvalue weighted by molar-refractivity contribution is 6.31. The SMILES string of the molecule is O=C([O-])c1cc(Cl)cc(C(F)(F)F)c1. The van der Waals surface area contributed by atoms with Gasteiger partial charge in [-0.25, -0.2) is 0 Å². The monoisotopic (exact) mass is 223 g/mol. The summed E-state index contributed by atoms with van der Waals surface area (Å²) < 4.78 is 36.4. The quantitative estimate of drug-likeness (QED) is 0.727. The third kappa shape index (κ3) is 2.38. The fraction of sp³-hybridized carbons (Fsp3) is 0.125. The van der Waals surface area contributed by atoms with E-state index in [-0.39, 0.29) is 5.02 Å². The van der Waals surface area contributed by atoms with E-state index in [2.05, 4.69) is 0 Å². The van der Waals surface area contributed by atoms with Crippen LogP contribution in [0.4, 0.5) is 13.2 Å². The standard InChI is InChI=1S/C8H4ClF3O2/c9-6-2-4(7(13)14)1-5(3-6)8(10,11)12/h1-3H,(H,13,14)/p-1. The van der Waals surface area contributed by atoms with Crippen molar-refractivity contribution in [3.63, 3.8) is 0 Å². The molecule has 6 heteroatoms. The van der Waals surface area contributed by atoms with Crippen LogP contribution in [0.15, 0.2) is 18.2 Å². The normalized spacial score (nSPS) is 11.4. The molecule has 0 fully saturated rings. The van der Waals surface area contributed by atoms with Gasteiger partial charge in [-0.3, -0.25) is 0 Å². The van der Waals surface area contributed by atoms with E-state index in [1.807, 2.05) is 0 Å². The Balaban J connectivity index is 3.28. The minimum Gasteiger partial charge on any atom is -0.545 e. The molecule has 0 unspecified atom stereocenters. The van der Waals surface area contributed by atoms with Crippen molar-refractivity contribution in [2.24, 2.45) is 0 Å². The van der Waals surface area contributed by atoms with Crippen LogP contribution in [0.25, 0.3) is 0 Å². The first-order chi connectivity index (χ1) is 6.30. The number of carboxylic acid groups (broad SMARTS) is 1. The molecule has 0 bridgehead atoms. The molecule has 1 aromatic rings. The molecular weight excluding hydrogens is 221 g/mol. The highest BCUT2D eigenvalue weighted by Crippen LogP contribution is 2.31. The fourth-order valence-corrected chi connectivity index (χ4v) is 1.11. The summed E-state index contributed by atoms with van der Waals surface area (Å²) in [5, 5.41) is 10.0. The van der Waals surface area contributed by atoms with E-state index in [1.54, 1.807) is 0 Å². The Hall–Kier alpha value is -1.23. The van der Waals surface area contributed by atoms with Crippen LogP contribution in [0.3, 0.4) is 0 Å². The number of aromatic carboxylic acids is 1. The zero-order valence-corrected chi connectivity index (χ0v) is 7.32. The van der Waals surface area contributed by atoms with E-state index in [0.717, 1.165) is 6.07 Å². The molecule has 0 spiro atoms. The molecule has 76 valence electrons. The molecule has 2 nitrogen and oxygen atoms in total. The van der Waals surface area contributed by atoms with Crippen LogP contribution in [0, 0.1) is 0 Å². The molecule has 0 aliphatic carbocycles. The molecule has 0 heterocycles. The molecule has 1 aromatic carbocycles. The second-order valence-corrected chi connectivity index (χ2v) is 2.95. The van der Waals surface area contributed by atoms with Gasteiger partial charge in [0.25, 0.3) is 0 Å². The van der Waals surface area contributed by atoms with Crippen LogP contribution in [0.5, 0.6) is 0 Å². The Morgan fingerprint density at radius 1 is 1.29 bits per heavy atom. The van der Waals surface area contributed by atoms with Crippen LogP contribution in [-0.2, 0) is 6.18 Å². The van der Waals surface area contributed by atoms with Gasteiger partial charge >= 0.3 is 6.18 Å². The van der Waals surface area contributed by atoms with E-state index in [4.69, 9.17) is 11.6 Å². The maximum atomic E-state index is 12.1. The minimum absolute atomic E-state index is 0.293. The molecular formula is C8H3ClF3O2-. The second-order valence-electron chi connectivity index (χ2n) is 2.51. The van der Waals surface area contributed by atoms with Gasteiger partial charge in [0.05, 0.1) is 11.5 Å². The predicted molar refractivity (Wildman–Crippen MR) is 40.8 cm³/mol. The van der Waals surface area contributed by atoms with Gasteiger partial charge < -0.3 is 9.90 Å². The van der Waals surface area contributed by atoms with E-state index in [1.165, 1.54) is 0 Å². The lowest BCUT2D eigenvalue weighted by Gasteiger charge is -2.10. The highest BCUT2D eigenvalue weighted by atomic mass is 35.5. The molecule has 0 N–H and O–H groups in total. The summed E-state index contributed by atoms with van der Waals surface area (Å²) in [5.41, 5.74) is -1.70. The summed E-state index contributed by atoms with van der Waals surface area (Å²) in [6.07, 6.45) is -4.62. The van der Waals surface area contributed by atoms with Gasteiger partial charge in [0.1, 0.15) is 0 Å². The summed E-state index contributed by atoms with van der Waals surface area (Å²) in [6, 6.07) is 2.02. The minimum atomic E-state index is -4.62. The fourth-order valence-electron chi connectivity index (χ4n) is 0.871.